The molecule has 0 aliphatic carbocycles. The van der Waals surface area contributed by atoms with E-state index in [-0.39, 0.29) is 0 Å². The van der Waals surface area contributed by atoms with E-state index in [1.165, 1.54) is 19.3 Å². The fourth-order valence-electron chi connectivity index (χ4n) is 3.33. The number of rotatable bonds is 5. The molecule has 0 N–H and O–H groups in total. The van der Waals surface area contributed by atoms with E-state index in [1.54, 1.807) is 11.3 Å². The van der Waals surface area contributed by atoms with Crippen LogP contribution in [0.1, 0.15) is 41.2 Å². The number of aryl methyl sites for hydroxylation is 2. The largest absolute Gasteiger partial charge is 0.486 e. The Hall–Kier alpha value is -1.99. The lowest BCUT2D eigenvalue weighted by atomic mass is 10.1. The van der Waals surface area contributed by atoms with Crippen LogP contribution in [0.15, 0.2) is 18.2 Å². The monoisotopic (exact) mass is 357 g/mol. The van der Waals surface area contributed by atoms with Crippen LogP contribution in [0.5, 0.6) is 5.75 Å². The second-order valence-corrected chi connectivity index (χ2v) is 7.69. The predicted octanol–water partition coefficient (Wildman–Crippen LogP) is 3.37. The van der Waals surface area contributed by atoms with E-state index in [0.717, 1.165) is 52.3 Å². The van der Waals surface area contributed by atoms with Gasteiger partial charge in [0.25, 0.3) is 0 Å². The van der Waals surface area contributed by atoms with Crippen molar-refractivity contribution in [1.29, 1.82) is 0 Å². The lowest BCUT2D eigenvalue weighted by Crippen LogP contribution is -2.30. The topological polar surface area (TPSA) is 55.6 Å². The molecule has 0 amide bonds. The number of aromatic nitrogens is 4. The molecule has 6 nitrogen and oxygen atoms in total. The van der Waals surface area contributed by atoms with E-state index in [0.29, 0.717) is 6.61 Å². The van der Waals surface area contributed by atoms with Gasteiger partial charge in [-0.2, -0.15) is 9.61 Å². The molecular weight excluding hydrogens is 334 g/mol. The molecule has 1 aliphatic rings. The molecule has 0 spiro atoms. The number of para-hydroxylation sites is 1. The van der Waals surface area contributed by atoms with E-state index in [4.69, 9.17) is 4.74 Å². The van der Waals surface area contributed by atoms with Crippen molar-refractivity contribution in [2.45, 2.75) is 46.3 Å². The van der Waals surface area contributed by atoms with Gasteiger partial charge in [-0.05, 0) is 50.9 Å². The van der Waals surface area contributed by atoms with Crippen LogP contribution in [0.3, 0.4) is 0 Å². The minimum absolute atomic E-state index is 0.461. The van der Waals surface area contributed by atoms with Crippen LogP contribution in [0.4, 0.5) is 0 Å². The molecule has 4 rings (SSSR count). The van der Waals surface area contributed by atoms with Crippen molar-refractivity contribution in [3.63, 3.8) is 0 Å². The first-order valence-electron chi connectivity index (χ1n) is 8.82. The van der Waals surface area contributed by atoms with Crippen molar-refractivity contribution < 1.29 is 4.74 Å². The second kappa shape index (κ2) is 7.09. The summed E-state index contributed by atoms with van der Waals surface area (Å²) < 4.78 is 7.90. The normalized spacial score (nSPS) is 15.8. The Bertz CT molecular complexity index is 845. The fraction of sp³-hybridized carbons (Fsp3) is 0.500. The van der Waals surface area contributed by atoms with E-state index in [2.05, 4.69) is 46.2 Å². The van der Waals surface area contributed by atoms with Crippen molar-refractivity contribution in [3.8, 4) is 5.75 Å². The van der Waals surface area contributed by atoms with Crippen LogP contribution >= 0.6 is 11.3 Å². The van der Waals surface area contributed by atoms with Gasteiger partial charge in [-0.3, -0.25) is 4.90 Å². The number of likely N-dealkylation sites (tertiary alicyclic amines) is 1. The third-order valence-corrected chi connectivity index (χ3v) is 5.53. The van der Waals surface area contributed by atoms with Crippen molar-refractivity contribution in [2.24, 2.45) is 0 Å². The quantitative estimate of drug-likeness (QED) is 0.701. The molecular formula is C18H23N5OS. The maximum atomic E-state index is 6.02. The van der Waals surface area contributed by atoms with Gasteiger partial charge in [-0.15, -0.1) is 10.2 Å². The minimum Gasteiger partial charge on any atom is -0.486 e. The Morgan fingerprint density at radius 3 is 2.60 bits per heavy atom. The molecule has 0 radical (unpaired) electrons. The third-order valence-electron chi connectivity index (χ3n) is 4.66. The summed E-state index contributed by atoms with van der Waals surface area (Å²) in [5.74, 6) is 1.87. The zero-order valence-corrected chi connectivity index (χ0v) is 15.6. The van der Waals surface area contributed by atoms with Crippen LogP contribution in [0.2, 0.25) is 0 Å². The van der Waals surface area contributed by atoms with Crippen LogP contribution in [-0.4, -0.2) is 37.8 Å². The molecule has 132 valence electrons. The van der Waals surface area contributed by atoms with Crippen molar-refractivity contribution in [1.82, 2.24) is 24.7 Å². The van der Waals surface area contributed by atoms with Crippen LogP contribution in [0, 0.1) is 13.8 Å². The molecule has 0 atom stereocenters. The van der Waals surface area contributed by atoms with Gasteiger partial charge >= 0.3 is 0 Å². The second-order valence-electron chi connectivity index (χ2n) is 6.65. The summed E-state index contributed by atoms with van der Waals surface area (Å²) in [5.41, 5.74) is 2.29. The zero-order chi connectivity index (χ0) is 17.2. The maximum absolute atomic E-state index is 6.02. The average molecular weight is 357 g/mol. The Labute approximate surface area is 151 Å². The fourth-order valence-corrected chi connectivity index (χ4v) is 4.10. The predicted molar refractivity (Wildman–Crippen MR) is 98.0 cm³/mol. The van der Waals surface area contributed by atoms with Gasteiger partial charge in [-0.25, -0.2) is 0 Å². The van der Waals surface area contributed by atoms with Gasteiger partial charge in [0.15, 0.2) is 10.8 Å². The van der Waals surface area contributed by atoms with Gasteiger partial charge < -0.3 is 4.74 Å². The number of hydrogen-bond acceptors (Lipinski definition) is 6. The van der Waals surface area contributed by atoms with Crippen LogP contribution in [0.25, 0.3) is 4.96 Å². The SMILES string of the molecule is Cc1cccc(C)c1OCc1nn2c(CN3CCCCC3)nnc2s1. The molecule has 1 fully saturated rings. The summed E-state index contributed by atoms with van der Waals surface area (Å²) in [7, 11) is 0. The molecule has 3 heterocycles. The Morgan fingerprint density at radius 1 is 1.08 bits per heavy atom. The summed E-state index contributed by atoms with van der Waals surface area (Å²) in [4.78, 5) is 3.28. The summed E-state index contributed by atoms with van der Waals surface area (Å²) in [6.07, 6.45) is 3.88. The first-order chi connectivity index (χ1) is 12.2. The molecule has 3 aromatic rings. The number of piperidine rings is 1. The smallest absolute Gasteiger partial charge is 0.234 e. The molecule has 1 saturated heterocycles. The highest BCUT2D eigenvalue weighted by molar-refractivity contribution is 7.16. The molecule has 1 aliphatic heterocycles. The summed E-state index contributed by atoms with van der Waals surface area (Å²) in [5, 5.41) is 14.2. The zero-order valence-electron chi connectivity index (χ0n) is 14.7. The molecule has 1 aromatic carbocycles. The average Bonchev–Trinajstić information content (AvgIpc) is 3.17. The van der Waals surface area contributed by atoms with Gasteiger partial charge in [-0.1, -0.05) is 36.0 Å². The first-order valence-corrected chi connectivity index (χ1v) is 9.64. The molecule has 2 aromatic heterocycles. The van der Waals surface area contributed by atoms with E-state index < -0.39 is 0 Å². The lowest BCUT2D eigenvalue weighted by molar-refractivity contribution is 0.214. The number of ether oxygens (including phenoxy) is 1. The minimum atomic E-state index is 0.461. The molecule has 0 unspecified atom stereocenters. The third kappa shape index (κ3) is 3.52. The van der Waals surface area contributed by atoms with Crippen LogP contribution < -0.4 is 4.74 Å². The summed E-state index contributed by atoms with van der Waals surface area (Å²) in [6.45, 7) is 7.70. The number of benzene rings is 1. The first kappa shape index (κ1) is 16.5. The number of hydrogen-bond donors (Lipinski definition) is 0. The Kier molecular flexibility index (Phi) is 4.67. The molecule has 0 bridgehead atoms. The molecule has 7 heteroatoms. The van der Waals surface area contributed by atoms with Crippen molar-refractivity contribution in [3.05, 3.63) is 40.2 Å². The molecule has 25 heavy (non-hydrogen) atoms. The van der Waals surface area contributed by atoms with Crippen molar-refractivity contribution in [2.75, 3.05) is 13.1 Å². The maximum Gasteiger partial charge on any atom is 0.234 e. The summed E-state index contributed by atoms with van der Waals surface area (Å²) >= 11 is 1.55. The van der Waals surface area contributed by atoms with Gasteiger partial charge in [0.05, 0.1) is 6.54 Å². The van der Waals surface area contributed by atoms with Gasteiger partial charge in [0.1, 0.15) is 12.4 Å². The van der Waals surface area contributed by atoms with Gasteiger partial charge in [0.2, 0.25) is 4.96 Å². The van der Waals surface area contributed by atoms with Crippen molar-refractivity contribution >= 4 is 16.3 Å². The van der Waals surface area contributed by atoms with E-state index in [1.807, 2.05) is 10.6 Å². The van der Waals surface area contributed by atoms with Crippen LogP contribution in [-0.2, 0) is 13.2 Å². The number of fused-ring (bicyclic) bond motifs is 1. The molecule has 0 saturated carbocycles. The van der Waals surface area contributed by atoms with Gasteiger partial charge in [0, 0.05) is 0 Å². The summed E-state index contributed by atoms with van der Waals surface area (Å²) in [6, 6.07) is 6.18. The van der Waals surface area contributed by atoms with E-state index in [9.17, 15) is 0 Å². The standard InChI is InChI=1S/C18H23N5OS/c1-13-7-6-8-14(2)17(13)24-12-16-21-23-15(19-20-18(23)25-16)11-22-9-4-3-5-10-22/h6-8H,3-5,9-12H2,1-2H3. The highest BCUT2D eigenvalue weighted by Crippen LogP contribution is 2.24. The highest BCUT2D eigenvalue weighted by Gasteiger charge is 2.17. The van der Waals surface area contributed by atoms with E-state index >= 15 is 0 Å². The Morgan fingerprint density at radius 2 is 1.84 bits per heavy atom. The highest BCUT2D eigenvalue weighted by atomic mass is 32.1. The number of nitrogens with zero attached hydrogens (tertiary/aromatic N) is 5. The lowest BCUT2D eigenvalue weighted by Gasteiger charge is -2.25. The Balaban J connectivity index is 1.48.